The summed E-state index contributed by atoms with van der Waals surface area (Å²) in [5, 5.41) is 2.16. The van der Waals surface area contributed by atoms with Crippen LogP contribution in [0, 0.1) is 44.7 Å². The summed E-state index contributed by atoms with van der Waals surface area (Å²) in [7, 11) is 0. The molecule has 0 aliphatic heterocycles. The summed E-state index contributed by atoms with van der Waals surface area (Å²) in [4.78, 5) is 13.2. The van der Waals surface area contributed by atoms with E-state index in [2.05, 4.69) is 216 Å². The highest BCUT2D eigenvalue weighted by Crippen LogP contribution is 2.45. The van der Waals surface area contributed by atoms with E-state index in [1.54, 1.807) is 21.1 Å². The molecule has 0 unspecified atom stereocenters. The van der Waals surface area contributed by atoms with E-state index in [9.17, 15) is 0 Å². The smallest absolute Gasteiger partial charge is 0.0794 e. The fraction of sp³-hybridized carbons (Fsp3) is 0.417. The molecule has 0 fully saturated rings. The quantitative estimate of drug-likeness (QED) is 0.0304. The Labute approximate surface area is 600 Å². The summed E-state index contributed by atoms with van der Waals surface area (Å²) in [6, 6.07) is 31.0. The van der Waals surface area contributed by atoms with E-state index in [4.69, 9.17) is 6.42 Å². The average Bonchev–Trinajstić information content (AvgIpc) is 1.87. The molecule has 0 nitrogen and oxygen atoms in total. The van der Waals surface area contributed by atoms with Crippen molar-refractivity contribution in [2.24, 2.45) is 0 Å². The van der Waals surface area contributed by atoms with Gasteiger partial charge in [-0.1, -0.05) is 143 Å². The number of terminal acetylenes is 1. The summed E-state index contributed by atoms with van der Waals surface area (Å²) >= 11 is 27.7. The van der Waals surface area contributed by atoms with Crippen molar-refractivity contribution >= 4 is 230 Å². The van der Waals surface area contributed by atoms with E-state index in [0.29, 0.717) is 0 Å². The Hall–Kier alpha value is -1.39. The van der Waals surface area contributed by atoms with Crippen LogP contribution in [0.4, 0.5) is 0 Å². The van der Waals surface area contributed by atoms with Gasteiger partial charge in [0, 0.05) is 43.2 Å². The first-order valence-corrected chi connectivity index (χ1v) is 43.1. The van der Waals surface area contributed by atoms with Crippen LogP contribution >= 0.6 is 192 Å². The fourth-order valence-corrected chi connectivity index (χ4v) is 24.1. The number of thiophene rings is 11. The van der Waals surface area contributed by atoms with Crippen LogP contribution in [0.3, 0.4) is 0 Å². The SMILES string of the molecule is C#Cc1ccc(CCCCCC)s1.CCCCCCc1ccc(C#Cc2cc3sc4cc(C#Cc5ccc(CCCCCC)s5)sc4c3s2)s1.CCCCCCc1ccc(I)s1.CCCCCCc1cccs1.Ic1cc2sc3cc(I)sc3c2s1. The zero-order valence-corrected chi connectivity index (χ0v) is 66.0. The number of halogens is 3. The molecule has 0 spiro atoms. The molecule has 456 valence electrons. The summed E-state index contributed by atoms with van der Waals surface area (Å²) in [5.74, 6) is 16.4. The van der Waals surface area contributed by atoms with E-state index in [0.717, 1.165) is 14.6 Å². The van der Waals surface area contributed by atoms with Crippen molar-refractivity contribution < 1.29 is 0 Å². The number of unbranched alkanes of at least 4 members (excludes halogenated alkanes) is 15. The highest BCUT2D eigenvalue weighted by Gasteiger charge is 2.14. The van der Waals surface area contributed by atoms with Gasteiger partial charge >= 0.3 is 0 Å². The predicted molar refractivity (Wildman–Crippen MR) is 429 cm³/mol. The molecule has 11 heterocycles. The van der Waals surface area contributed by atoms with Gasteiger partial charge in [-0.25, -0.2) is 0 Å². The molecule has 0 saturated heterocycles. The Morgan fingerprint density at radius 2 is 0.663 bits per heavy atom. The lowest BCUT2D eigenvalue weighted by molar-refractivity contribution is 0.670. The standard InChI is InChI=1S/C32H32S5.C12H16S.C10H15IS.C10H16S.C8H2I2S3/c1-3-5-7-9-11-23-13-15-25(33-23)17-19-27-21-29-31(35-27)32-30(37-29)22-28(36-32)20-18-26-16-14-24(34-26)12-10-8-6-4-2;1-3-5-6-7-8-12-10-9-11(4-2)13-12;1-2-3-4-5-6-9-7-8-10(11)12-9;1-2-3-4-5-7-10-8-6-9-11-10;9-5-1-3-7(12-5)8-4(11-3)2-6(10)13-8/h13-16,21-22H,3-12H2,1-2H3;2,9-10H,3,5-8H2,1H3;7-8H,2-6H2,1H3;6,8-9H,2-5,7H2,1H3;1-2H. The monoisotopic (exact) mass is 1680 g/mol. The molecule has 0 aliphatic carbocycles. The molecule has 0 saturated carbocycles. The minimum absolute atomic E-state index is 1.06. The first kappa shape index (κ1) is 72.0. The summed E-state index contributed by atoms with van der Waals surface area (Å²) in [6.07, 6.45) is 38.3. The Bertz CT molecular complexity index is 3650. The second-order valence-corrected chi connectivity index (χ2v) is 38.8. The van der Waals surface area contributed by atoms with Crippen molar-refractivity contribution in [3.8, 4) is 36.0 Å². The average molecular weight is 1680 g/mol. The van der Waals surface area contributed by atoms with Gasteiger partial charge in [0.1, 0.15) is 0 Å². The van der Waals surface area contributed by atoms with Gasteiger partial charge in [0.05, 0.1) is 51.8 Å². The maximum absolute atomic E-state index is 5.30. The third-order valence-electron chi connectivity index (χ3n) is 13.9. The van der Waals surface area contributed by atoms with Crippen LogP contribution in [-0.4, -0.2) is 0 Å². The van der Waals surface area contributed by atoms with E-state index in [1.807, 2.05) is 119 Å². The van der Waals surface area contributed by atoms with E-state index in [-0.39, 0.29) is 0 Å². The minimum Gasteiger partial charge on any atom is -0.149 e. The largest absolute Gasteiger partial charge is 0.149 e. The molecule has 14 heteroatoms. The molecule has 0 aromatic carbocycles. The van der Waals surface area contributed by atoms with Crippen LogP contribution in [0.1, 0.15) is 212 Å². The van der Waals surface area contributed by atoms with E-state index in [1.165, 1.54) is 231 Å². The maximum Gasteiger partial charge on any atom is 0.0794 e. The first-order chi connectivity index (χ1) is 42.1. The Morgan fingerprint density at radius 1 is 0.314 bits per heavy atom. The molecule has 0 bridgehead atoms. The van der Waals surface area contributed by atoms with E-state index >= 15 is 0 Å². The molecule has 0 amide bonds. The Balaban J connectivity index is 0.000000176. The summed E-state index contributed by atoms with van der Waals surface area (Å²) in [5.41, 5.74) is 0. The number of rotatable bonds is 25. The van der Waals surface area contributed by atoms with Crippen molar-refractivity contribution in [2.45, 2.75) is 195 Å². The van der Waals surface area contributed by atoms with Gasteiger partial charge in [0.25, 0.3) is 0 Å². The van der Waals surface area contributed by atoms with Crippen LogP contribution in [-0.2, 0) is 32.1 Å². The fourth-order valence-electron chi connectivity index (χ4n) is 9.30. The summed E-state index contributed by atoms with van der Waals surface area (Å²) in [6.45, 7) is 11.3. The van der Waals surface area contributed by atoms with Gasteiger partial charge in [-0.15, -0.1) is 131 Å². The van der Waals surface area contributed by atoms with Crippen molar-refractivity contribution in [3.63, 3.8) is 0 Å². The topological polar surface area (TPSA) is 0 Å². The van der Waals surface area contributed by atoms with Crippen LogP contribution in [0.5, 0.6) is 0 Å². The molecular weight excluding hydrogens is 1600 g/mol. The molecule has 11 rings (SSSR count). The van der Waals surface area contributed by atoms with Crippen molar-refractivity contribution in [1.82, 2.24) is 0 Å². The molecule has 11 aromatic rings. The van der Waals surface area contributed by atoms with Crippen molar-refractivity contribution in [1.29, 1.82) is 0 Å². The minimum atomic E-state index is 1.06. The normalized spacial score (nSPS) is 10.8. The van der Waals surface area contributed by atoms with Crippen molar-refractivity contribution in [2.75, 3.05) is 0 Å². The maximum atomic E-state index is 5.30. The number of hydrogen-bond acceptors (Lipinski definition) is 11. The number of fused-ring (bicyclic) bond motifs is 6. The lowest BCUT2D eigenvalue weighted by atomic mass is 10.1. The Morgan fingerprint density at radius 3 is 1.02 bits per heavy atom. The van der Waals surface area contributed by atoms with Gasteiger partial charge < -0.3 is 0 Å². The number of aryl methyl sites for hydroxylation is 5. The molecule has 86 heavy (non-hydrogen) atoms. The van der Waals surface area contributed by atoms with Crippen LogP contribution in [0.15, 0.2) is 90.3 Å². The third kappa shape index (κ3) is 25.3. The third-order valence-corrected chi connectivity index (χ3v) is 28.9. The van der Waals surface area contributed by atoms with Gasteiger partial charge in [-0.3, -0.25) is 0 Å². The molecule has 0 N–H and O–H groups in total. The second-order valence-electron chi connectivity index (χ2n) is 21.1. The zero-order chi connectivity index (χ0) is 60.7. The molecular formula is C72H81I3S11. The van der Waals surface area contributed by atoms with Crippen LogP contribution in [0.25, 0.3) is 37.6 Å². The summed E-state index contributed by atoms with van der Waals surface area (Å²) < 4.78 is 15.5. The highest BCUT2D eigenvalue weighted by molar-refractivity contribution is 14.1. The van der Waals surface area contributed by atoms with Gasteiger partial charge in [-0.05, 0) is 240 Å². The highest BCUT2D eigenvalue weighted by atomic mass is 127. The van der Waals surface area contributed by atoms with Crippen LogP contribution in [0.2, 0.25) is 0 Å². The van der Waals surface area contributed by atoms with Crippen LogP contribution < -0.4 is 0 Å². The second kappa shape index (κ2) is 41.3. The lowest BCUT2D eigenvalue weighted by Gasteiger charge is -1.96. The zero-order valence-electron chi connectivity index (χ0n) is 50.5. The van der Waals surface area contributed by atoms with Gasteiger partial charge in [0.15, 0.2) is 0 Å². The number of hydrogen-bond donors (Lipinski definition) is 0. The van der Waals surface area contributed by atoms with Gasteiger partial charge in [-0.2, -0.15) is 0 Å². The van der Waals surface area contributed by atoms with E-state index < -0.39 is 0 Å². The first-order valence-electron chi connectivity index (χ1n) is 30.8. The van der Waals surface area contributed by atoms with Gasteiger partial charge in [0.2, 0.25) is 0 Å². The molecule has 0 atom stereocenters. The molecule has 0 aliphatic rings. The van der Waals surface area contributed by atoms with Crippen molar-refractivity contribution in [3.05, 3.63) is 148 Å². The molecule has 0 radical (unpaired) electrons. The Kier molecular flexibility index (Phi) is 34.6. The molecule has 11 aromatic heterocycles. The predicted octanol–water partition coefficient (Wildman–Crippen LogP) is 28.9. The lowest BCUT2D eigenvalue weighted by Crippen LogP contribution is -1.80.